The van der Waals surface area contributed by atoms with Gasteiger partial charge < -0.3 is 18.9 Å². The monoisotopic (exact) mass is 572 g/mol. The Kier molecular flexibility index (Phi) is 9.14. The minimum Gasteiger partial charge on any atom is -0.456 e. The Morgan fingerprint density at radius 3 is 2.15 bits per heavy atom. The molecule has 0 unspecified atom stereocenters. The van der Waals surface area contributed by atoms with E-state index in [0.717, 1.165) is 14.2 Å². The zero-order valence-electron chi connectivity index (χ0n) is 19.2. The fourth-order valence-electron chi connectivity index (χ4n) is 4.03. The number of rotatable bonds is 7. The number of hydrogen-bond donors (Lipinski definition) is 0. The van der Waals surface area contributed by atoms with Gasteiger partial charge >= 0.3 is 17.9 Å². The van der Waals surface area contributed by atoms with Gasteiger partial charge in [-0.15, -0.1) is 11.3 Å². The predicted octanol–water partition coefficient (Wildman–Crippen LogP) is 5.40. The molecule has 184 valence electrons. The molecule has 3 rings (SSSR count). The average molecular weight is 574 g/mol. The van der Waals surface area contributed by atoms with Crippen molar-refractivity contribution in [3.8, 4) is 0 Å². The number of benzene rings is 1. The van der Waals surface area contributed by atoms with Crippen LogP contribution in [0.4, 0.5) is 0 Å². The Morgan fingerprint density at radius 2 is 1.59 bits per heavy atom. The summed E-state index contributed by atoms with van der Waals surface area (Å²) in [6.07, 6.45) is -3.27. The first-order valence-corrected chi connectivity index (χ1v) is 12.8. The zero-order valence-corrected chi connectivity index (χ0v) is 22.4. The van der Waals surface area contributed by atoms with Crippen LogP contribution < -0.4 is 0 Å². The van der Waals surface area contributed by atoms with Gasteiger partial charge in [0.05, 0.1) is 9.89 Å². The molecule has 0 N–H and O–H groups in total. The number of carbonyl (C=O) groups excluding carboxylic acids is 3. The molecular formula is C24H26BrClO7S. The Balaban J connectivity index is 2.03. The molecule has 1 aliphatic heterocycles. The van der Waals surface area contributed by atoms with E-state index >= 15 is 0 Å². The summed E-state index contributed by atoms with van der Waals surface area (Å²) in [7, 11) is 0. The number of carbonyl (C=O) groups is 3. The highest BCUT2D eigenvalue weighted by Crippen LogP contribution is 2.39. The lowest BCUT2D eigenvalue weighted by molar-refractivity contribution is -0.249. The van der Waals surface area contributed by atoms with Gasteiger partial charge in [-0.2, -0.15) is 0 Å². The highest BCUT2D eigenvalue weighted by molar-refractivity contribution is 9.11. The van der Waals surface area contributed by atoms with Crippen molar-refractivity contribution >= 4 is 56.8 Å². The molecule has 0 saturated carbocycles. The Hall–Kier alpha value is -1.94. The summed E-state index contributed by atoms with van der Waals surface area (Å²) in [5.41, 5.74) is 1.58. The minimum atomic E-state index is -1.04. The van der Waals surface area contributed by atoms with Crippen molar-refractivity contribution in [3.63, 3.8) is 0 Å². The second kappa shape index (κ2) is 11.7. The molecule has 0 radical (unpaired) electrons. The second-order valence-corrected chi connectivity index (χ2v) is 10.9. The summed E-state index contributed by atoms with van der Waals surface area (Å²) < 4.78 is 24.0. The van der Waals surface area contributed by atoms with E-state index in [1.54, 1.807) is 23.5 Å². The molecule has 5 atom stereocenters. The summed E-state index contributed by atoms with van der Waals surface area (Å²) in [6, 6.07) is 9.46. The Labute approximate surface area is 215 Å². The van der Waals surface area contributed by atoms with Gasteiger partial charge in [-0.1, -0.05) is 30.7 Å². The summed E-state index contributed by atoms with van der Waals surface area (Å²) >= 11 is 11.6. The SMILES string of the molecule is CC[C@H]1O[C@@H](c2ccc(Cl)c(Cc3ccc(Br)s3)c2)[C@H](OC(C)=O)[C@@H](OC(C)=O)[C@@H]1OC(C)=O. The van der Waals surface area contributed by atoms with Gasteiger partial charge in [0, 0.05) is 37.1 Å². The second-order valence-electron chi connectivity index (χ2n) is 7.96. The predicted molar refractivity (Wildman–Crippen MR) is 131 cm³/mol. The fourth-order valence-corrected chi connectivity index (χ4v) is 5.72. The molecule has 1 saturated heterocycles. The maximum absolute atomic E-state index is 12.0. The van der Waals surface area contributed by atoms with Crippen LogP contribution in [0.15, 0.2) is 34.1 Å². The third-order valence-corrected chi connectivity index (χ3v) is 7.33. The smallest absolute Gasteiger partial charge is 0.303 e. The van der Waals surface area contributed by atoms with E-state index in [4.69, 9.17) is 30.5 Å². The van der Waals surface area contributed by atoms with Crippen LogP contribution >= 0.6 is 38.9 Å². The van der Waals surface area contributed by atoms with Gasteiger partial charge in [0.25, 0.3) is 0 Å². The molecule has 7 nitrogen and oxygen atoms in total. The Bertz CT molecular complexity index is 1060. The van der Waals surface area contributed by atoms with Gasteiger partial charge in [0.15, 0.2) is 18.3 Å². The van der Waals surface area contributed by atoms with E-state index in [2.05, 4.69) is 15.9 Å². The highest BCUT2D eigenvalue weighted by Gasteiger charge is 2.51. The minimum absolute atomic E-state index is 0.475. The number of halogens is 2. The molecule has 10 heteroatoms. The van der Waals surface area contributed by atoms with E-state index in [1.807, 2.05) is 25.1 Å². The maximum Gasteiger partial charge on any atom is 0.303 e. The van der Waals surface area contributed by atoms with Crippen molar-refractivity contribution in [3.05, 3.63) is 55.1 Å². The van der Waals surface area contributed by atoms with Crippen molar-refractivity contribution in [1.29, 1.82) is 0 Å². The standard InChI is InChI=1S/C24H26BrClO7S/c1-5-19-22(30-12(2)27)24(32-14(4)29)23(31-13(3)28)21(33-19)15-6-8-18(26)16(10-15)11-17-7-9-20(25)34-17/h6-10,19,21-24H,5,11H2,1-4H3/t19-,21+,22-,23+,24+/m1/s1. The van der Waals surface area contributed by atoms with Crippen LogP contribution in [0.25, 0.3) is 0 Å². The van der Waals surface area contributed by atoms with Gasteiger partial charge in [0.1, 0.15) is 6.10 Å². The summed E-state index contributed by atoms with van der Waals surface area (Å²) in [6.45, 7) is 5.65. The topological polar surface area (TPSA) is 88.1 Å². The lowest BCUT2D eigenvalue weighted by Gasteiger charge is -2.44. The van der Waals surface area contributed by atoms with Crippen LogP contribution in [0.5, 0.6) is 0 Å². The van der Waals surface area contributed by atoms with Crippen molar-refractivity contribution in [2.75, 3.05) is 0 Å². The highest BCUT2D eigenvalue weighted by atomic mass is 79.9. The lowest BCUT2D eigenvalue weighted by atomic mass is 9.88. The largest absolute Gasteiger partial charge is 0.456 e. The van der Waals surface area contributed by atoms with Crippen LogP contribution in [0.1, 0.15) is 56.2 Å². The molecule has 1 fully saturated rings. The van der Waals surface area contributed by atoms with Crippen LogP contribution in [-0.2, 0) is 39.8 Å². The van der Waals surface area contributed by atoms with E-state index in [0.29, 0.717) is 23.4 Å². The molecule has 0 aliphatic carbocycles. The van der Waals surface area contributed by atoms with Gasteiger partial charge in [-0.25, -0.2) is 0 Å². The number of hydrogen-bond acceptors (Lipinski definition) is 8. The summed E-state index contributed by atoms with van der Waals surface area (Å²) in [5, 5.41) is 0.592. The zero-order chi connectivity index (χ0) is 25.0. The van der Waals surface area contributed by atoms with Crippen molar-refractivity contribution < 1.29 is 33.3 Å². The third kappa shape index (κ3) is 6.59. The third-order valence-electron chi connectivity index (χ3n) is 5.33. The number of ether oxygens (including phenoxy) is 4. The molecule has 0 spiro atoms. The van der Waals surface area contributed by atoms with Crippen LogP contribution in [0.2, 0.25) is 5.02 Å². The molecule has 0 bridgehead atoms. The molecule has 0 amide bonds. The van der Waals surface area contributed by atoms with Crippen LogP contribution in [0, 0.1) is 0 Å². The van der Waals surface area contributed by atoms with E-state index in [-0.39, 0.29) is 0 Å². The van der Waals surface area contributed by atoms with Gasteiger partial charge in [-0.3, -0.25) is 14.4 Å². The average Bonchev–Trinajstić information content (AvgIpc) is 3.16. The fraction of sp³-hybridized carbons (Fsp3) is 0.458. The molecule has 2 aromatic rings. The van der Waals surface area contributed by atoms with E-state index in [9.17, 15) is 14.4 Å². The van der Waals surface area contributed by atoms with Gasteiger partial charge in [-0.05, 0) is 51.7 Å². The normalized spacial score (nSPS) is 24.4. The Morgan fingerprint density at radius 1 is 0.971 bits per heavy atom. The number of esters is 3. The van der Waals surface area contributed by atoms with Crippen molar-refractivity contribution in [2.24, 2.45) is 0 Å². The molecule has 2 heterocycles. The number of thiophene rings is 1. The lowest BCUT2D eigenvalue weighted by Crippen LogP contribution is -2.58. The summed E-state index contributed by atoms with van der Waals surface area (Å²) in [5.74, 6) is -1.72. The molecule has 1 aromatic heterocycles. The van der Waals surface area contributed by atoms with E-state index in [1.165, 1.54) is 20.8 Å². The van der Waals surface area contributed by atoms with Crippen LogP contribution in [-0.4, -0.2) is 42.3 Å². The molecule has 1 aromatic carbocycles. The first kappa shape index (κ1) is 26.7. The quantitative estimate of drug-likeness (QED) is 0.324. The van der Waals surface area contributed by atoms with E-state index < -0.39 is 48.4 Å². The van der Waals surface area contributed by atoms with Gasteiger partial charge in [0.2, 0.25) is 0 Å². The molecule has 1 aliphatic rings. The van der Waals surface area contributed by atoms with Crippen molar-refractivity contribution in [1.82, 2.24) is 0 Å². The van der Waals surface area contributed by atoms with Crippen molar-refractivity contribution in [2.45, 2.75) is 71.1 Å². The van der Waals surface area contributed by atoms with Crippen LogP contribution in [0.3, 0.4) is 0 Å². The first-order valence-electron chi connectivity index (χ1n) is 10.8. The summed E-state index contributed by atoms with van der Waals surface area (Å²) in [4.78, 5) is 36.9. The first-order chi connectivity index (χ1) is 16.1. The molecular weight excluding hydrogens is 548 g/mol. The maximum atomic E-state index is 12.0. The molecule has 34 heavy (non-hydrogen) atoms.